The van der Waals surface area contributed by atoms with E-state index in [1.165, 1.54) is 0 Å². The maximum absolute atomic E-state index is 12.2. The fourth-order valence-electron chi connectivity index (χ4n) is 5.21. The highest BCUT2D eigenvalue weighted by Crippen LogP contribution is 2.45. The van der Waals surface area contributed by atoms with E-state index in [1.54, 1.807) is 11.1 Å². The number of carbonyl (C=O) groups excluding carboxylic acids is 1. The molecule has 0 aliphatic carbocycles. The van der Waals surface area contributed by atoms with Gasteiger partial charge in [0.1, 0.15) is 23.9 Å². The van der Waals surface area contributed by atoms with Crippen molar-refractivity contribution in [3.05, 3.63) is 53.7 Å². The zero-order valence-corrected chi connectivity index (χ0v) is 20.6. The average molecular weight is 489 g/mol. The minimum Gasteiger partial charge on any atom is -0.488 e. The summed E-state index contributed by atoms with van der Waals surface area (Å²) in [5.41, 5.74) is 5.40. The van der Waals surface area contributed by atoms with E-state index in [-0.39, 0.29) is 12.1 Å². The Morgan fingerprint density at radius 2 is 1.97 bits per heavy atom. The van der Waals surface area contributed by atoms with Crippen molar-refractivity contribution in [1.82, 2.24) is 24.6 Å². The van der Waals surface area contributed by atoms with Crippen LogP contribution in [0.1, 0.15) is 30.1 Å². The molecule has 10 heteroatoms. The molecule has 1 saturated heterocycles. The normalized spacial score (nSPS) is 17.4. The van der Waals surface area contributed by atoms with E-state index in [0.717, 1.165) is 51.0 Å². The first-order chi connectivity index (χ1) is 17.6. The number of benzene rings is 1. The van der Waals surface area contributed by atoms with Crippen LogP contribution in [0.5, 0.6) is 5.75 Å². The number of carbonyl (C=O) groups is 1. The molecular weight excluding hydrogens is 460 g/mol. The first kappa shape index (κ1) is 22.4. The van der Waals surface area contributed by atoms with Crippen LogP contribution >= 0.6 is 0 Å². The Hall–Kier alpha value is -4.08. The molecule has 10 nitrogen and oxygen atoms in total. The summed E-state index contributed by atoms with van der Waals surface area (Å²) in [6, 6.07) is 9.84. The lowest BCUT2D eigenvalue weighted by Gasteiger charge is -2.36. The van der Waals surface area contributed by atoms with Gasteiger partial charge < -0.3 is 23.8 Å². The number of pyridine rings is 1. The molecule has 2 aliphatic rings. The molecular formula is C26H28N6O4. The van der Waals surface area contributed by atoms with Gasteiger partial charge in [0.25, 0.3) is 0 Å². The van der Waals surface area contributed by atoms with Crippen LogP contribution in [0, 0.1) is 13.8 Å². The predicted octanol–water partition coefficient (Wildman–Crippen LogP) is 3.96. The number of nitrogens with zero attached hydrogens (tertiary/aromatic N) is 6. The van der Waals surface area contributed by atoms with Crippen LogP contribution in [0.25, 0.3) is 22.2 Å². The lowest BCUT2D eigenvalue weighted by atomic mass is 10.0. The molecule has 1 fully saturated rings. The molecule has 0 spiro atoms. The summed E-state index contributed by atoms with van der Waals surface area (Å²) < 4.78 is 19.3. The summed E-state index contributed by atoms with van der Waals surface area (Å²) in [4.78, 5) is 25.9. The van der Waals surface area contributed by atoms with Gasteiger partial charge in [0.15, 0.2) is 5.75 Å². The minimum absolute atomic E-state index is 0.137. The molecule has 5 heterocycles. The minimum atomic E-state index is -0.266. The van der Waals surface area contributed by atoms with Gasteiger partial charge in [0.2, 0.25) is 5.95 Å². The highest BCUT2D eigenvalue weighted by Gasteiger charge is 2.34. The van der Waals surface area contributed by atoms with Crippen LogP contribution in [0.15, 0.2) is 41.1 Å². The van der Waals surface area contributed by atoms with Crippen LogP contribution in [-0.2, 0) is 4.74 Å². The Morgan fingerprint density at radius 3 is 2.67 bits per heavy atom. The number of ether oxygens (including phenoxy) is 2. The van der Waals surface area contributed by atoms with Gasteiger partial charge in [-0.1, -0.05) is 11.2 Å². The number of rotatable bonds is 4. The molecule has 6 rings (SSSR count). The molecule has 0 saturated carbocycles. The SMILES string of the molecule is CCOC(=O)N1CCN(c2nc3ccc(-c4c(C)noc4C)c4c3n2[C@@H](c2ccccn2)CO4)CC1. The third-order valence-corrected chi connectivity index (χ3v) is 6.90. The second-order valence-electron chi connectivity index (χ2n) is 9.05. The van der Waals surface area contributed by atoms with Crippen LogP contribution < -0.4 is 9.64 Å². The van der Waals surface area contributed by atoms with Crippen molar-refractivity contribution < 1.29 is 18.8 Å². The predicted molar refractivity (Wildman–Crippen MR) is 133 cm³/mol. The zero-order valence-electron chi connectivity index (χ0n) is 20.6. The number of aromatic nitrogens is 4. The average Bonchev–Trinajstić information content (AvgIpc) is 3.46. The second kappa shape index (κ2) is 8.85. The molecule has 0 radical (unpaired) electrons. The molecule has 1 atom stereocenters. The van der Waals surface area contributed by atoms with E-state index in [0.29, 0.717) is 39.4 Å². The number of imidazole rings is 1. The van der Waals surface area contributed by atoms with E-state index < -0.39 is 0 Å². The molecule has 186 valence electrons. The fraction of sp³-hybridized carbons (Fsp3) is 0.385. The van der Waals surface area contributed by atoms with E-state index in [2.05, 4.69) is 19.6 Å². The highest BCUT2D eigenvalue weighted by atomic mass is 16.6. The number of hydrogen-bond donors (Lipinski definition) is 0. The van der Waals surface area contributed by atoms with Crippen molar-refractivity contribution >= 4 is 23.1 Å². The third kappa shape index (κ3) is 3.55. The Kier molecular flexibility index (Phi) is 5.50. The van der Waals surface area contributed by atoms with Crippen LogP contribution in [0.2, 0.25) is 0 Å². The van der Waals surface area contributed by atoms with Crippen molar-refractivity contribution in [3.63, 3.8) is 0 Å². The third-order valence-electron chi connectivity index (χ3n) is 6.90. The van der Waals surface area contributed by atoms with Gasteiger partial charge in [-0.3, -0.25) is 9.55 Å². The molecule has 0 unspecified atom stereocenters. The van der Waals surface area contributed by atoms with Gasteiger partial charge in [-0.2, -0.15) is 0 Å². The van der Waals surface area contributed by atoms with Gasteiger partial charge >= 0.3 is 6.09 Å². The first-order valence-electron chi connectivity index (χ1n) is 12.2. The Morgan fingerprint density at radius 1 is 1.14 bits per heavy atom. The molecule has 0 N–H and O–H groups in total. The summed E-state index contributed by atoms with van der Waals surface area (Å²) in [5.74, 6) is 2.38. The van der Waals surface area contributed by atoms with Gasteiger partial charge in [-0.05, 0) is 45.0 Å². The maximum Gasteiger partial charge on any atom is 0.409 e. The van der Waals surface area contributed by atoms with Crippen LogP contribution in [0.3, 0.4) is 0 Å². The first-order valence-corrected chi connectivity index (χ1v) is 12.2. The smallest absolute Gasteiger partial charge is 0.409 e. The van der Waals surface area contributed by atoms with Gasteiger partial charge in [-0.15, -0.1) is 0 Å². The van der Waals surface area contributed by atoms with Crippen molar-refractivity contribution in [1.29, 1.82) is 0 Å². The largest absolute Gasteiger partial charge is 0.488 e. The Balaban J connectivity index is 1.47. The van der Waals surface area contributed by atoms with Gasteiger partial charge in [-0.25, -0.2) is 9.78 Å². The number of aryl methyl sites for hydroxylation is 2. The maximum atomic E-state index is 12.2. The molecule has 3 aromatic heterocycles. The number of hydrogen-bond acceptors (Lipinski definition) is 8. The number of amides is 1. The molecule has 1 amide bonds. The topological polar surface area (TPSA) is 98.8 Å². The Bertz CT molecular complexity index is 1400. The van der Waals surface area contributed by atoms with Gasteiger partial charge in [0.05, 0.1) is 29.1 Å². The number of anilines is 1. The molecule has 2 aliphatic heterocycles. The number of piperazine rings is 1. The van der Waals surface area contributed by atoms with Crippen LogP contribution in [0.4, 0.5) is 10.7 Å². The van der Waals surface area contributed by atoms with E-state index >= 15 is 0 Å². The van der Waals surface area contributed by atoms with Crippen molar-refractivity contribution in [3.8, 4) is 16.9 Å². The lowest BCUT2D eigenvalue weighted by Crippen LogP contribution is -2.50. The molecule has 1 aromatic carbocycles. The monoisotopic (exact) mass is 488 g/mol. The molecule has 36 heavy (non-hydrogen) atoms. The summed E-state index contributed by atoms with van der Waals surface area (Å²) in [5, 5.41) is 4.15. The summed E-state index contributed by atoms with van der Waals surface area (Å²) >= 11 is 0. The van der Waals surface area contributed by atoms with Crippen molar-refractivity contribution in [2.75, 3.05) is 44.3 Å². The quantitative estimate of drug-likeness (QED) is 0.426. The van der Waals surface area contributed by atoms with Crippen LogP contribution in [-0.4, -0.2) is 70.1 Å². The van der Waals surface area contributed by atoms with Crippen molar-refractivity contribution in [2.24, 2.45) is 0 Å². The highest BCUT2D eigenvalue weighted by molar-refractivity contribution is 5.94. The van der Waals surface area contributed by atoms with Crippen molar-refractivity contribution in [2.45, 2.75) is 26.8 Å². The molecule has 0 bridgehead atoms. The lowest BCUT2D eigenvalue weighted by molar-refractivity contribution is 0.105. The van der Waals surface area contributed by atoms with E-state index in [4.69, 9.17) is 19.0 Å². The Labute approximate surface area is 208 Å². The summed E-state index contributed by atoms with van der Waals surface area (Å²) in [6.07, 6.45) is 1.54. The van der Waals surface area contributed by atoms with Gasteiger partial charge in [0, 0.05) is 37.9 Å². The summed E-state index contributed by atoms with van der Waals surface area (Å²) in [6.45, 7) is 8.93. The fourth-order valence-corrected chi connectivity index (χ4v) is 5.21. The van der Waals surface area contributed by atoms with E-state index in [1.807, 2.05) is 51.1 Å². The molecule has 4 aromatic rings. The second-order valence-corrected chi connectivity index (χ2v) is 9.05. The van der Waals surface area contributed by atoms with E-state index in [9.17, 15) is 4.79 Å². The summed E-state index contributed by atoms with van der Waals surface area (Å²) in [7, 11) is 0. The standard InChI is InChI=1S/C26H28N6O4/c1-4-34-26(33)31-13-11-30(12-14-31)25-28-20-9-8-18(22-16(2)29-36-17(22)3)24-23(20)32(25)21(15-35-24)19-7-5-6-10-27-19/h5-10,21H,4,11-15H2,1-3H3/t21-/m1/s1. The zero-order chi connectivity index (χ0) is 24.8.